The molecule has 6 heteroatoms. The number of guanidine groups is 1. The van der Waals surface area contributed by atoms with Crippen LogP contribution in [0.1, 0.15) is 58.3 Å². The highest BCUT2D eigenvalue weighted by Gasteiger charge is 2.20. The monoisotopic (exact) mass is 453 g/mol. The fraction of sp³-hybridized carbons (Fsp3) is 0.944. The van der Waals surface area contributed by atoms with Gasteiger partial charge in [-0.25, -0.2) is 0 Å². The van der Waals surface area contributed by atoms with Crippen molar-refractivity contribution >= 4 is 29.9 Å². The van der Waals surface area contributed by atoms with E-state index in [4.69, 9.17) is 9.47 Å². The van der Waals surface area contributed by atoms with Gasteiger partial charge in [-0.15, -0.1) is 24.0 Å². The van der Waals surface area contributed by atoms with Gasteiger partial charge in [0.1, 0.15) is 0 Å². The molecule has 0 spiro atoms. The van der Waals surface area contributed by atoms with Gasteiger partial charge < -0.3 is 20.1 Å². The minimum Gasteiger partial charge on any atom is -0.381 e. The van der Waals surface area contributed by atoms with Crippen molar-refractivity contribution in [3.8, 4) is 0 Å². The largest absolute Gasteiger partial charge is 0.381 e. The molecule has 0 aromatic rings. The summed E-state index contributed by atoms with van der Waals surface area (Å²) in [4.78, 5) is 4.35. The molecule has 2 rings (SSSR count). The van der Waals surface area contributed by atoms with Gasteiger partial charge in [-0.1, -0.05) is 13.3 Å². The van der Waals surface area contributed by atoms with Crippen molar-refractivity contribution in [2.75, 3.05) is 33.4 Å². The summed E-state index contributed by atoms with van der Waals surface area (Å²) in [5.74, 6) is 1.88. The van der Waals surface area contributed by atoms with Crippen molar-refractivity contribution in [2.24, 2.45) is 10.9 Å². The van der Waals surface area contributed by atoms with Crippen LogP contribution in [-0.2, 0) is 9.47 Å². The fourth-order valence-corrected chi connectivity index (χ4v) is 3.47. The van der Waals surface area contributed by atoms with E-state index in [-0.39, 0.29) is 24.0 Å². The summed E-state index contributed by atoms with van der Waals surface area (Å²) >= 11 is 0. The molecule has 1 saturated carbocycles. The van der Waals surface area contributed by atoms with Gasteiger partial charge in [0.05, 0.1) is 6.10 Å². The summed E-state index contributed by atoms with van der Waals surface area (Å²) < 4.78 is 11.2. The molecule has 1 saturated heterocycles. The average molecular weight is 453 g/mol. The van der Waals surface area contributed by atoms with Crippen LogP contribution in [0.4, 0.5) is 0 Å². The van der Waals surface area contributed by atoms with Crippen molar-refractivity contribution in [3.63, 3.8) is 0 Å². The summed E-state index contributed by atoms with van der Waals surface area (Å²) in [6.45, 7) is 5.73. The number of aliphatic imine (C=N–C) groups is 1. The Bertz CT molecular complexity index is 341. The van der Waals surface area contributed by atoms with Gasteiger partial charge in [-0.05, 0) is 50.9 Å². The first-order valence-corrected chi connectivity index (χ1v) is 9.48. The van der Waals surface area contributed by atoms with E-state index in [1.165, 1.54) is 32.1 Å². The molecule has 1 aliphatic carbocycles. The zero-order valence-electron chi connectivity index (χ0n) is 15.4. The van der Waals surface area contributed by atoms with Gasteiger partial charge in [0.15, 0.2) is 5.96 Å². The van der Waals surface area contributed by atoms with Crippen LogP contribution >= 0.6 is 24.0 Å². The van der Waals surface area contributed by atoms with E-state index in [1.807, 2.05) is 7.05 Å². The smallest absolute Gasteiger partial charge is 0.191 e. The quantitative estimate of drug-likeness (QED) is 0.269. The highest BCUT2D eigenvalue weighted by molar-refractivity contribution is 14.0. The molecule has 5 nitrogen and oxygen atoms in total. The molecular weight excluding hydrogens is 417 g/mol. The molecule has 0 unspecified atom stereocenters. The van der Waals surface area contributed by atoms with E-state index >= 15 is 0 Å². The minimum absolute atomic E-state index is 0. The Balaban J connectivity index is 0.00000288. The van der Waals surface area contributed by atoms with Gasteiger partial charge in [0.25, 0.3) is 0 Å². The van der Waals surface area contributed by atoms with Crippen LogP contribution in [0.5, 0.6) is 0 Å². The SMILES string of the molecule is CCC1CCC(NC(=NC)NCCCOC2CCOCC2)CC1.I. The van der Waals surface area contributed by atoms with Crippen LogP contribution in [0.25, 0.3) is 0 Å². The maximum Gasteiger partial charge on any atom is 0.191 e. The standard InChI is InChI=1S/C18H35N3O2.HI/c1-3-15-5-7-16(8-6-15)21-18(19-2)20-11-4-12-23-17-9-13-22-14-10-17;/h15-17H,3-14H2,1-2H3,(H2,19,20,21);1H. The number of ether oxygens (including phenoxy) is 2. The van der Waals surface area contributed by atoms with E-state index in [9.17, 15) is 0 Å². The van der Waals surface area contributed by atoms with E-state index in [2.05, 4.69) is 22.5 Å². The highest BCUT2D eigenvalue weighted by Crippen LogP contribution is 2.26. The number of nitrogens with zero attached hydrogens (tertiary/aromatic N) is 1. The second kappa shape index (κ2) is 13.2. The highest BCUT2D eigenvalue weighted by atomic mass is 127. The second-order valence-electron chi connectivity index (χ2n) is 6.81. The lowest BCUT2D eigenvalue weighted by Gasteiger charge is -2.29. The Morgan fingerprint density at radius 3 is 2.46 bits per heavy atom. The lowest BCUT2D eigenvalue weighted by atomic mass is 9.84. The summed E-state index contributed by atoms with van der Waals surface area (Å²) in [6.07, 6.45) is 10.1. The molecule has 142 valence electrons. The number of hydrogen-bond acceptors (Lipinski definition) is 3. The first-order valence-electron chi connectivity index (χ1n) is 9.48. The van der Waals surface area contributed by atoms with Crippen molar-refractivity contribution in [2.45, 2.75) is 70.4 Å². The van der Waals surface area contributed by atoms with Crippen molar-refractivity contribution < 1.29 is 9.47 Å². The molecule has 2 fully saturated rings. The van der Waals surface area contributed by atoms with Gasteiger partial charge >= 0.3 is 0 Å². The summed E-state index contributed by atoms with van der Waals surface area (Å²) in [5.41, 5.74) is 0. The van der Waals surface area contributed by atoms with E-state index in [0.29, 0.717) is 12.1 Å². The molecule has 24 heavy (non-hydrogen) atoms. The molecule has 0 bridgehead atoms. The van der Waals surface area contributed by atoms with Gasteiger partial charge in [-0.3, -0.25) is 4.99 Å². The zero-order chi connectivity index (χ0) is 16.3. The molecule has 0 atom stereocenters. The first kappa shape index (κ1) is 22.0. The summed E-state index contributed by atoms with van der Waals surface area (Å²) in [5, 5.41) is 6.99. The first-order chi connectivity index (χ1) is 11.3. The van der Waals surface area contributed by atoms with Crippen LogP contribution in [-0.4, -0.2) is 51.5 Å². The lowest BCUT2D eigenvalue weighted by molar-refractivity contribution is -0.0320. The van der Waals surface area contributed by atoms with E-state index in [0.717, 1.165) is 57.5 Å². The molecule has 2 N–H and O–H groups in total. The molecule has 0 aromatic heterocycles. The predicted molar refractivity (Wildman–Crippen MR) is 110 cm³/mol. The van der Waals surface area contributed by atoms with Gasteiger partial charge in [-0.2, -0.15) is 0 Å². The second-order valence-corrected chi connectivity index (χ2v) is 6.81. The van der Waals surface area contributed by atoms with Crippen molar-refractivity contribution in [1.82, 2.24) is 10.6 Å². The van der Waals surface area contributed by atoms with Crippen LogP contribution in [0.3, 0.4) is 0 Å². The van der Waals surface area contributed by atoms with Crippen molar-refractivity contribution in [3.05, 3.63) is 0 Å². The number of rotatable bonds is 7. The molecule has 0 radical (unpaired) electrons. The molecule has 1 heterocycles. The average Bonchev–Trinajstić information content (AvgIpc) is 2.62. The maximum absolute atomic E-state index is 5.89. The Kier molecular flexibility index (Phi) is 12.0. The Hall–Kier alpha value is -0.0800. The third-order valence-electron chi connectivity index (χ3n) is 5.12. The topological polar surface area (TPSA) is 54.9 Å². The molecule has 2 aliphatic rings. The molecule has 0 aromatic carbocycles. The van der Waals surface area contributed by atoms with Crippen molar-refractivity contribution in [1.29, 1.82) is 0 Å². The van der Waals surface area contributed by atoms with E-state index in [1.54, 1.807) is 0 Å². The third kappa shape index (κ3) is 8.34. The van der Waals surface area contributed by atoms with Crippen LogP contribution < -0.4 is 10.6 Å². The Morgan fingerprint density at radius 1 is 1.12 bits per heavy atom. The third-order valence-corrected chi connectivity index (χ3v) is 5.12. The Morgan fingerprint density at radius 2 is 1.83 bits per heavy atom. The Labute approximate surface area is 164 Å². The lowest BCUT2D eigenvalue weighted by Crippen LogP contribution is -2.45. The summed E-state index contributed by atoms with van der Waals surface area (Å²) in [7, 11) is 1.85. The number of halogens is 1. The number of nitrogens with one attached hydrogen (secondary N) is 2. The van der Waals surface area contributed by atoms with Crippen LogP contribution in [0.2, 0.25) is 0 Å². The van der Waals surface area contributed by atoms with Crippen LogP contribution in [0.15, 0.2) is 4.99 Å². The number of hydrogen-bond donors (Lipinski definition) is 2. The fourth-order valence-electron chi connectivity index (χ4n) is 3.47. The van der Waals surface area contributed by atoms with Crippen LogP contribution in [0, 0.1) is 5.92 Å². The van der Waals surface area contributed by atoms with Gasteiger partial charge in [0.2, 0.25) is 0 Å². The molecule has 0 amide bonds. The van der Waals surface area contributed by atoms with E-state index < -0.39 is 0 Å². The predicted octanol–water partition coefficient (Wildman–Crippen LogP) is 3.32. The maximum atomic E-state index is 5.89. The summed E-state index contributed by atoms with van der Waals surface area (Å²) in [6, 6.07) is 0.586. The zero-order valence-corrected chi connectivity index (χ0v) is 17.7. The minimum atomic E-state index is 0. The molecular formula is C18H36IN3O2. The van der Waals surface area contributed by atoms with Gasteiger partial charge in [0, 0.05) is 39.5 Å². The molecule has 1 aliphatic heterocycles. The normalized spacial score (nSPS) is 25.8.